The highest BCUT2D eigenvalue weighted by molar-refractivity contribution is 6.69. The molecule has 10 heteroatoms. The van der Waals surface area contributed by atoms with Crippen LogP contribution in [0.25, 0.3) is 16.7 Å². The Morgan fingerprint density at radius 3 is 2.36 bits per heavy atom. The van der Waals surface area contributed by atoms with E-state index in [1.807, 2.05) is 38.1 Å². The van der Waals surface area contributed by atoms with Crippen LogP contribution in [-0.2, 0) is 16.7 Å². The van der Waals surface area contributed by atoms with E-state index in [1.165, 1.54) is 18.8 Å². The lowest BCUT2D eigenvalue weighted by atomic mass is 9.92. The monoisotopic (exact) mass is 533 g/mol. The zero-order valence-corrected chi connectivity index (χ0v) is 22.7. The quantitative estimate of drug-likeness (QED) is 0.178. The van der Waals surface area contributed by atoms with Crippen molar-refractivity contribution in [3.8, 4) is 5.75 Å². The van der Waals surface area contributed by atoms with Gasteiger partial charge >= 0.3 is 5.76 Å². The first kappa shape index (κ1) is 27.4. The van der Waals surface area contributed by atoms with Gasteiger partial charge in [-0.1, -0.05) is 39.6 Å². The van der Waals surface area contributed by atoms with Gasteiger partial charge in [0.15, 0.2) is 10.8 Å². The van der Waals surface area contributed by atoms with Crippen LogP contribution >= 0.6 is 23.2 Å². The summed E-state index contributed by atoms with van der Waals surface area (Å²) in [4.78, 5) is 21.8. The highest BCUT2D eigenvalue weighted by Crippen LogP contribution is 2.34. The summed E-state index contributed by atoms with van der Waals surface area (Å²) in [5.74, 6) is 0.198. The van der Waals surface area contributed by atoms with Gasteiger partial charge in [-0.05, 0) is 78.8 Å². The lowest BCUT2D eigenvalue weighted by molar-refractivity contribution is 0.213. The van der Waals surface area contributed by atoms with Gasteiger partial charge < -0.3 is 18.8 Å². The van der Waals surface area contributed by atoms with Gasteiger partial charge in [-0.2, -0.15) is 0 Å². The third kappa shape index (κ3) is 5.94. The largest absolute Gasteiger partial charge is 0.496 e. The van der Waals surface area contributed by atoms with Crippen LogP contribution in [0, 0.1) is 13.8 Å². The van der Waals surface area contributed by atoms with Crippen LogP contribution in [0.5, 0.6) is 5.75 Å². The van der Waals surface area contributed by atoms with Crippen LogP contribution in [0.3, 0.4) is 0 Å². The number of ether oxygens (including phenoxy) is 1. The molecule has 0 unspecified atom stereocenters. The molecule has 3 aromatic rings. The lowest BCUT2D eigenvalue weighted by Gasteiger charge is -2.16. The van der Waals surface area contributed by atoms with E-state index in [2.05, 4.69) is 16.4 Å². The Kier molecular flexibility index (Phi) is 9.23. The average molecular weight is 534 g/mol. The van der Waals surface area contributed by atoms with Crippen LogP contribution in [0.1, 0.15) is 47.1 Å². The molecular weight excluding hydrogens is 505 g/mol. The van der Waals surface area contributed by atoms with Gasteiger partial charge in [0, 0.05) is 13.5 Å². The Bertz CT molecular complexity index is 1400. The van der Waals surface area contributed by atoms with Crippen molar-refractivity contribution < 1.29 is 18.8 Å². The van der Waals surface area contributed by atoms with Crippen LogP contribution in [0.2, 0.25) is 0 Å². The molecular formula is C26H29Cl2N3O5. The van der Waals surface area contributed by atoms with E-state index < -0.39 is 5.76 Å². The molecule has 0 aliphatic carbocycles. The lowest BCUT2D eigenvalue weighted by Crippen LogP contribution is -2.08. The van der Waals surface area contributed by atoms with Crippen molar-refractivity contribution in [2.24, 2.45) is 17.4 Å². The van der Waals surface area contributed by atoms with Crippen molar-refractivity contribution in [3.63, 3.8) is 0 Å². The second-order valence-corrected chi connectivity index (χ2v) is 8.96. The number of benzene rings is 2. The van der Waals surface area contributed by atoms with Crippen molar-refractivity contribution in [2.45, 2.75) is 33.1 Å². The Morgan fingerprint density at radius 2 is 1.69 bits per heavy atom. The molecule has 0 aliphatic heterocycles. The third-order valence-electron chi connectivity index (χ3n) is 5.70. The molecule has 1 aromatic heterocycles. The Hall–Kier alpha value is -3.23. The summed E-state index contributed by atoms with van der Waals surface area (Å²) in [5, 5.41) is 8.23. The first-order valence-corrected chi connectivity index (χ1v) is 12.0. The molecule has 36 heavy (non-hydrogen) atoms. The summed E-state index contributed by atoms with van der Waals surface area (Å²) < 4.78 is 12.5. The van der Waals surface area contributed by atoms with Crippen molar-refractivity contribution in [1.29, 1.82) is 0 Å². The molecule has 0 radical (unpaired) electrons. The smallest absolute Gasteiger partial charge is 0.419 e. The average Bonchev–Trinajstić information content (AvgIpc) is 3.13. The number of fused-ring (bicyclic) bond motifs is 1. The molecule has 2 aromatic carbocycles. The van der Waals surface area contributed by atoms with Crippen LogP contribution in [0.4, 0.5) is 0 Å². The molecule has 0 saturated carbocycles. The minimum atomic E-state index is -0.409. The fraction of sp³-hybridized carbons (Fsp3) is 0.346. The number of nitrogens with zero attached hydrogens (tertiary/aromatic N) is 3. The maximum atomic E-state index is 12.2. The number of aryl methyl sites for hydroxylation is 3. The van der Waals surface area contributed by atoms with Gasteiger partial charge in [0.05, 0.1) is 18.2 Å². The van der Waals surface area contributed by atoms with Crippen LogP contribution < -0.4 is 10.5 Å². The molecule has 3 rings (SSSR count). The maximum Gasteiger partial charge on any atom is 0.419 e. The second kappa shape index (κ2) is 12.1. The first-order valence-electron chi connectivity index (χ1n) is 11.2. The number of rotatable bonds is 10. The molecule has 0 spiro atoms. The molecule has 192 valence electrons. The fourth-order valence-corrected chi connectivity index (χ4v) is 4.48. The van der Waals surface area contributed by atoms with E-state index in [0.717, 1.165) is 34.2 Å². The maximum absolute atomic E-state index is 12.2. The van der Waals surface area contributed by atoms with Crippen molar-refractivity contribution in [2.75, 3.05) is 21.3 Å². The van der Waals surface area contributed by atoms with E-state index in [1.54, 1.807) is 14.2 Å². The van der Waals surface area contributed by atoms with E-state index in [0.29, 0.717) is 40.4 Å². The second-order valence-electron chi connectivity index (χ2n) is 8.17. The zero-order chi connectivity index (χ0) is 26.4. The first-order chi connectivity index (χ1) is 17.2. The number of halogens is 2. The molecule has 0 aliphatic rings. The van der Waals surface area contributed by atoms with Gasteiger partial charge in [-0.15, -0.1) is 0 Å². The standard InChI is InChI=1S/C26H29Cl2N3O5/c1-15-11-17(13-20(23(15)33-4)25(28)30-35-6)19(9-7-8-10-22(27)29-34-5)18-12-16(2)24-21(14-18)31(3)26(32)36-24/h9,11-14H,7-8,10H2,1-6H3/b19-9-,29-22-,30-25-. The Balaban J connectivity index is 2.19. The van der Waals surface area contributed by atoms with E-state index >= 15 is 0 Å². The Morgan fingerprint density at radius 1 is 1.03 bits per heavy atom. The molecule has 0 amide bonds. The molecule has 1 heterocycles. The Labute approximate surface area is 219 Å². The summed E-state index contributed by atoms with van der Waals surface area (Å²) in [7, 11) is 6.17. The topological polar surface area (TPSA) is 87.6 Å². The fourth-order valence-electron chi connectivity index (χ4n) is 4.07. The number of aromatic nitrogens is 1. The van der Waals surface area contributed by atoms with Crippen molar-refractivity contribution >= 4 is 50.2 Å². The number of methoxy groups -OCH3 is 1. The molecule has 0 atom stereocenters. The number of oxazole rings is 1. The highest BCUT2D eigenvalue weighted by Gasteiger charge is 2.18. The number of hydrogen-bond donors (Lipinski definition) is 0. The summed E-state index contributed by atoms with van der Waals surface area (Å²) >= 11 is 12.5. The minimum Gasteiger partial charge on any atom is -0.496 e. The molecule has 0 saturated heterocycles. The molecule has 0 fully saturated rings. The molecule has 0 bridgehead atoms. The predicted octanol–water partition coefficient (Wildman–Crippen LogP) is 6.10. The van der Waals surface area contributed by atoms with Crippen molar-refractivity contribution in [3.05, 3.63) is 68.7 Å². The van der Waals surface area contributed by atoms with E-state index in [-0.39, 0.29) is 5.17 Å². The van der Waals surface area contributed by atoms with E-state index in [9.17, 15) is 4.79 Å². The summed E-state index contributed by atoms with van der Waals surface area (Å²) in [6, 6.07) is 7.89. The van der Waals surface area contributed by atoms with Gasteiger partial charge in [-0.3, -0.25) is 4.57 Å². The van der Waals surface area contributed by atoms with Crippen LogP contribution in [0.15, 0.2) is 49.9 Å². The predicted molar refractivity (Wildman–Crippen MR) is 145 cm³/mol. The normalized spacial score (nSPS) is 12.8. The van der Waals surface area contributed by atoms with Gasteiger partial charge in [0.1, 0.15) is 25.1 Å². The van der Waals surface area contributed by atoms with Crippen LogP contribution in [-0.4, -0.2) is 36.2 Å². The summed E-state index contributed by atoms with van der Waals surface area (Å²) in [6.07, 6.45) is 4.18. The number of oxime groups is 2. The highest BCUT2D eigenvalue weighted by atomic mass is 35.5. The number of hydrogen-bond acceptors (Lipinski definition) is 7. The summed E-state index contributed by atoms with van der Waals surface area (Å²) in [5.41, 5.74) is 6.37. The summed E-state index contributed by atoms with van der Waals surface area (Å²) in [6.45, 7) is 3.86. The van der Waals surface area contributed by atoms with Gasteiger partial charge in [0.2, 0.25) is 0 Å². The molecule has 0 N–H and O–H groups in total. The van der Waals surface area contributed by atoms with Crippen molar-refractivity contribution in [1.82, 2.24) is 4.57 Å². The SMILES string of the molecule is CO/N=C(\Cl)CCC/C=C(/c1cc(C)c(OC)c(/C(Cl)=N/OC)c1)c1cc(C)c2oc(=O)n(C)c2c1. The van der Waals surface area contributed by atoms with Gasteiger partial charge in [0.25, 0.3) is 0 Å². The number of unbranched alkanes of at least 4 members (excludes halogenated alkanes) is 1. The minimum absolute atomic E-state index is 0.171. The van der Waals surface area contributed by atoms with E-state index in [4.69, 9.17) is 42.0 Å². The molecule has 8 nitrogen and oxygen atoms in total. The zero-order valence-electron chi connectivity index (χ0n) is 21.1. The number of allylic oxidation sites excluding steroid dienone is 1. The van der Waals surface area contributed by atoms with Gasteiger partial charge in [-0.25, -0.2) is 4.79 Å². The third-order valence-corrected chi connectivity index (χ3v) is 6.23.